The van der Waals surface area contributed by atoms with Crippen LogP contribution in [0, 0.1) is 6.92 Å². The Balaban J connectivity index is 1.82. The average molecular weight is 459 g/mol. The summed E-state index contributed by atoms with van der Waals surface area (Å²) in [6.45, 7) is 1.86. The maximum atomic E-state index is 12.6. The van der Waals surface area contributed by atoms with Gasteiger partial charge in [0.1, 0.15) is 6.04 Å². The average Bonchev–Trinajstić information content (AvgIpc) is 2.71. The van der Waals surface area contributed by atoms with E-state index in [2.05, 4.69) is 5.32 Å². The fourth-order valence-corrected chi connectivity index (χ4v) is 3.83. The molecule has 0 aliphatic rings. The van der Waals surface area contributed by atoms with E-state index in [0.29, 0.717) is 11.1 Å². The van der Waals surface area contributed by atoms with E-state index >= 15 is 0 Å². The van der Waals surface area contributed by atoms with Crippen molar-refractivity contribution in [1.29, 1.82) is 0 Å². The van der Waals surface area contributed by atoms with Gasteiger partial charge in [-0.15, -0.1) is 0 Å². The smallest absolute Gasteiger partial charge is 0.326 e. The van der Waals surface area contributed by atoms with E-state index < -0.39 is 17.9 Å². The molecule has 1 atom stereocenters. The molecule has 2 N–H and O–H groups in total. The van der Waals surface area contributed by atoms with Crippen LogP contribution in [0.2, 0.25) is 10.0 Å². The molecule has 6 nitrogen and oxygen atoms in total. The molecular weight excluding hydrogens is 439 g/mol. The van der Waals surface area contributed by atoms with E-state index in [1.54, 1.807) is 43.6 Å². The molecule has 1 amide bonds. The van der Waals surface area contributed by atoms with Gasteiger partial charge in [-0.2, -0.15) is 0 Å². The molecule has 160 valence electrons. The summed E-state index contributed by atoms with van der Waals surface area (Å²) in [6.07, 6.45) is 1.76. The summed E-state index contributed by atoms with van der Waals surface area (Å²) in [4.78, 5) is 36.8. The first-order chi connectivity index (χ1) is 14.7. The first-order valence-corrected chi connectivity index (χ1v) is 10.2. The summed E-state index contributed by atoms with van der Waals surface area (Å²) in [5.41, 5.74) is 2.78. The number of carbonyl (C=O) groups excluding carboxylic acids is 1. The number of carboxylic acid groups (broad SMARTS) is 1. The van der Waals surface area contributed by atoms with Gasteiger partial charge in [-0.05, 0) is 41.8 Å². The van der Waals surface area contributed by atoms with Crippen LogP contribution < -0.4 is 10.9 Å². The van der Waals surface area contributed by atoms with Crippen LogP contribution in [0.1, 0.15) is 21.5 Å². The SMILES string of the molecule is Cc1ccn(C)c(=O)c1-c1ccc(CC(NC(=O)c2c(Cl)cccc2Cl)C(=O)O)cc1. The minimum absolute atomic E-state index is 0.0304. The molecule has 0 radical (unpaired) electrons. The molecule has 0 spiro atoms. The summed E-state index contributed by atoms with van der Waals surface area (Å²) in [6, 6.07) is 12.3. The van der Waals surface area contributed by atoms with Crippen molar-refractivity contribution in [3.63, 3.8) is 0 Å². The van der Waals surface area contributed by atoms with Crippen molar-refractivity contribution in [1.82, 2.24) is 9.88 Å². The first kappa shape index (κ1) is 22.6. The number of pyridine rings is 1. The van der Waals surface area contributed by atoms with E-state index in [-0.39, 0.29) is 27.6 Å². The van der Waals surface area contributed by atoms with Gasteiger partial charge in [0.15, 0.2) is 0 Å². The molecule has 1 unspecified atom stereocenters. The van der Waals surface area contributed by atoms with Crippen molar-refractivity contribution < 1.29 is 14.7 Å². The number of hydrogen-bond acceptors (Lipinski definition) is 3. The Morgan fingerprint density at radius 2 is 1.68 bits per heavy atom. The molecule has 2 aromatic carbocycles. The van der Waals surface area contributed by atoms with Crippen molar-refractivity contribution in [3.8, 4) is 11.1 Å². The topological polar surface area (TPSA) is 88.4 Å². The predicted molar refractivity (Wildman–Crippen MR) is 121 cm³/mol. The van der Waals surface area contributed by atoms with Gasteiger partial charge in [0, 0.05) is 19.7 Å². The lowest BCUT2D eigenvalue weighted by molar-refractivity contribution is -0.139. The number of hydrogen-bond donors (Lipinski definition) is 2. The lowest BCUT2D eigenvalue weighted by Crippen LogP contribution is -2.42. The van der Waals surface area contributed by atoms with Crippen LogP contribution in [0.4, 0.5) is 0 Å². The Hall–Kier alpha value is -3.09. The number of aromatic nitrogens is 1. The highest BCUT2D eigenvalue weighted by Crippen LogP contribution is 2.24. The van der Waals surface area contributed by atoms with Crippen LogP contribution >= 0.6 is 23.2 Å². The second-order valence-electron chi connectivity index (χ2n) is 7.15. The Labute approximate surface area is 189 Å². The molecule has 0 aliphatic heterocycles. The van der Waals surface area contributed by atoms with E-state index in [1.165, 1.54) is 16.7 Å². The van der Waals surface area contributed by atoms with Crippen LogP contribution in [0.25, 0.3) is 11.1 Å². The van der Waals surface area contributed by atoms with Gasteiger partial charge < -0.3 is 15.0 Å². The Bertz CT molecular complexity index is 1180. The lowest BCUT2D eigenvalue weighted by Gasteiger charge is -2.16. The number of aryl methyl sites for hydroxylation is 2. The summed E-state index contributed by atoms with van der Waals surface area (Å²) in [5.74, 6) is -1.85. The highest BCUT2D eigenvalue weighted by Gasteiger charge is 2.24. The fourth-order valence-electron chi connectivity index (χ4n) is 3.26. The largest absolute Gasteiger partial charge is 0.480 e. The van der Waals surface area contributed by atoms with Crippen LogP contribution in [0.3, 0.4) is 0 Å². The standard InChI is InChI=1S/C23H20Cl2N2O4/c1-13-10-11-27(2)22(29)19(13)15-8-6-14(7-9-15)12-18(23(30)31)26-21(28)20-16(24)4-3-5-17(20)25/h3-11,18H,12H2,1-2H3,(H,26,28)(H,30,31). The lowest BCUT2D eigenvalue weighted by atomic mass is 9.98. The summed E-state index contributed by atoms with van der Waals surface area (Å²) < 4.78 is 1.51. The maximum Gasteiger partial charge on any atom is 0.326 e. The third-order valence-corrected chi connectivity index (χ3v) is 5.58. The number of aliphatic carboxylic acids is 1. The third-order valence-electron chi connectivity index (χ3n) is 4.95. The number of nitrogens with zero attached hydrogens (tertiary/aromatic N) is 1. The summed E-state index contributed by atoms with van der Waals surface area (Å²) in [5, 5.41) is 12.3. The van der Waals surface area contributed by atoms with Crippen molar-refractivity contribution in [2.24, 2.45) is 7.05 Å². The molecule has 0 bridgehead atoms. The molecule has 0 fully saturated rings. The zero-order chi connectivity index (χ0) is 22.7. The van der Waals surface area contributed by atoms with Gasteiger partial charge in [0.25, 0.3) is 11.5 Å². The van der Waals surface area contributed by atoms with Gasteiger partial charge in [-0.3, -0.25) is 9.59 Å². The second kappa shape index (κ2) is 9.37. The van der Waals surface area contributed by atoms with E-state index in [0.717, 1.165) is 11.1 Å². The van der Waals surface area contributed by atoms with Gasteiger partial charge in [0.05, 0.1) is 21.2 Å². The number of benzene rings is 2. The third kappa shape index (κ3) is 4.98. The molecule has 3 aromatic rings. The van der Waals surface area contributed by atoms with E-state index in [4.69, 9.17) is 23.2 Å². The zero-order valence-electron chi connectivity index (χ0n) is 16.9. The molecule has 3 rings (SSSR count). The highest BCUT2D eigenvalue weighted by molar-refractivity contribution is 6.39. The molecule has 0 saturated heterocycles. The second-order valence-corrected chi connectivity index (χ2v) is 7.97. The summed E-state index contributed by atoms with van der Waals surface area (Å²) >= 11 is 12.1. The minimum atomic E-state index is -1.19. The Morgan fingerprint density at radius 1 is 1.06 bits per heavy atom. The summed E-state index contributed by atoms with van der Waals surface area (Å²) in [7, 11) is 1.69. The van der Waals surface area contributed by atoms with Crippen LogP contribution in [0.15, 0.2) is 59.5 Å². The number of halogens is 2. The molecule has 1 heterocycles. The van der Waals surface area contributed by atoms with E-state index in [9.17, 15) is 19.5 Å². The first-order valence-electron chi connectivity index (χ1n) is 9.42. The Kier molecular flexibility index (Phi) is 6.83. The van der Waals surface area contributed by atoms with Crippen molar-refractivity contribution in [2.75, 3.05) is 0 Å². The number of carbonyl (C=O) groups is 2. The molecule has 31 heavy (non-hydrogen) atoms. The quantitative estimate of drug-likeness (QED) is 0.581. The molecule has 0 saturated carbocycles. The fraction of sp³-hybridized carbons (Fsp3) is 0.174. The van der Waals surface area contributed by atoms with Crippen molar-refractivity contribution in [3.05, 3.63) is 91.8 Å². The Morgan fingerprint density at radius 3 is 2.26 bits per heavy atom. The van der Waals surface area contributed by atoms with E-state index in [1.807, 2.05) is 13.0 Å². The zero-order valence-corrected chi connectivity index (χ0v) is 18.4. The van der Waals surface area contributed by atoms with Gasteiger partial charge in [-0.25, -0.2) is 4.79 Å². The van der Waals surface area contributed by atoms with Crippen LogP contribution in [-0.4, -0.2) is 27.6 Å². The highest BCUT2D eigenvalue weighted by atomic mass is 35.5. The van der Waals surface area contributed by atoms with Crippen molar-refractivity contribution >= 4 is 35.1 Å². The van der Waals surface area contributed by atoms with Crippen LogP contribution in [0.5, 0.6) is 0 Å². The predicted octanol–water partition coefficient (Wildman–Crippen LogP) is 4.09. The molecule has 8 heteroatoms. The number of carboxylic acids is 1. The number of rotatable bonds is 6. The van der Waals surface area contributed by atoms with Gasteiger partial charge >= 0.3 is 5.97 Å². The normalized spacial score (nSPS) is 11.7. The molecule has 0 aliphatic carbocycles. The van der Waals surface area contributed by atoms with Crippen molar-refractivity contribution in [2.45, 2.75) is 19.4 Å². The number of amides is 1. The molecular formula is C23H20Cl2N2O4. The monoisotopic (exact) mass is 458 g/mol. The minimum Gasteiger partial charge on any atom is -0.480 e. The maximum absolute atomic E-state index is 12.6. The van der Waals surface area contributed by atoms with Gasteiger partial charge in [0.2, 0.25) is 0 Å². The molecule has 1 aromatic heterocycles. The number of nitrogens with one attached hydrogen (secondary N) is 1. The van der Waals surface area contributed by atoms with Gasteiger partial charge in [-0.1, -0.05) is 53.5 Å². The van der Waals surface area contributed by atoms with Crippen LogP contribution in [-0.2, 0) is 18.3 Å².